The number of nitrogens with zero attached hydrogens (tertiary/aromatic N) is 2. The molecular formula is C15H20N4O. The summed E-state index contributed by atoms with van der Waals surface area (Å²) in [5, 5.41) is 0. The Morgan fingerprint density at radius 1 is 1.30 bits per heavy atom. The lowest BCUT2D eigenvalue weighted by atomic mass is 9.84. The number of aromatic amines is 1. The largest absolute Gasteiger partial charge is 0.478 e. The smallest absolute Gasteiger partial charge is 0.215 e. The van der Waals surface area contributed by atoms with Gasteiger partial charge in [-0.1, -0.05) is 0 Å². The summed E-state index contributed by atoms with van der Waals surface area (Å²) in [6.07, 6.45) is 3.84. The van der Waals surface area contributed by atoms with E-state index in [9.17, 15) is 0 Å². The van der Waals surface area contributed by atoms with Gasteiger partial charge in [0.25, 0.3) is 0 Å². The Labute approximate surface area is 117 Å². The maximum atomic E-state index is 6.39. The van der Waals surface area contributed by atoms with Gasteiger partial charge < -0.3 is 15.5 Å². The van der Waals surface area contributed by atoms with Gasteiger partial charge in [-0.2, -0.15) is 4.98 Å². The molecule has 0 aromatic carbocycles. The summed E-state index contributed by atoms with van der Waals surface area (Å²) in [4.78, 5) is 12.5. The molecular weight excluding hydrogens is 252 g/mol. The summed E-state index contributed by atoms with van der Waals surface area (Å²) in [6, 6.07) is 4.12. The van der Waals surface area contributed by atoms with E-state index in [0.29, 0.717) is 30.2 Å². The monoisotopic (exact) mass is 272 g/mol. The van der Waals surface area contributed by atoms with Crippen LogP contribution in [0.3, 0.4) is 0 Å². The molecule has 0 amide bonds. The minimum absolute atomic E-state index is 0.251. The van der Waals surface area contributed by atoms with E-state index in [1.54, 1.807) is 0 Å². The lowest BCUT2D eigenvalue weighted by Crippen LogP contribution is -2.34. The second-order valence-electron chi connectivity index (χ2n) is 6.01. The van der Waals surface area contributed by atoms with Crippen molar-refractivity contribution in [1.29, 1.82) is 0 Å². The number of nitrogens with one attached hydrogen (secondary N) is 1. The van der Waals surface area contributed by atoms with E-state index >= 15 is 0 Å². The Hall–Kier alpha value is -1.62. The molecule has 2 saturated carbocycles. The van der Waals surface area contributed by atoms with Gasteiger partial charge in [0.2, 0.25) is 5.88 Å². The number of hydrogen-bond acceptors (Lipinski definition) is 4. The van der Waals surface area contributed by atoms with Crippen molar-refractivity contribution in [3.8, 4) is 5.88 Å². The average Bonchev–Trinajstić information content (AvgIpc) is 3.11. The van der Waals surface area contributed by atoms with E-state index in [1.165, 1.54) is 19.3 Å². The predicted octanol–water partition coefficient (Wildman–Crippen LogP) is 2.20. The molecule has 2 aromatic heterocycles. The van der Waals surface area contributed by atoms with Crippen molar-refractivity contribution in [3.05, 3.63) is 18.0 Å². The van der Waals surface area contributed by atoms with Gasteiger partial charge in [0.05, 0.1) is 12.1 Å². The number of rotatable bonds is 3. The van der Waals surface area contributed by atoms with Crippen molar-refractivity contribution in [3.63, 3.8) is 0 Å². The molecule has 4 rings (SSSR count). The molecule has 20 heavy (non-hydrogen) atoms. The Morgan fingerprint density at radius 3 is 2.90 bits per heavy atom. The van der Waals surface area contributed by atoms with Crippen LogP contribution in [0.4, 0.5) is 0 Å². The van der Waals surface area contributed by atoms with Gasteiger partial charge in [0.15, 0.2) is 5.65 Å². The molecule has 106 valence electrons. The van der Waals surface area contributed by atoms with Gasteiger partial charge in [0, 0.05) is 18.0 Å². The molecule has 4 atom stereocenters. The highest BCUT2D eigenvalue weighted by atomic mass is 16.5. The van der Waals surface area contributed by atoms with Gasteiger partial charge in [-0.3, -0.25) is 0 Å². The fourth-order valence-corrected chi connectivity index (χ4v) is 4.02. The molecule has 2 fully saturated rings. The fraction of sp³-hybridized carbons (Fsp3) is 0.600. The first-order chi connectivity index (χ1) is 9.76. The first-order valence-corrected chi connectivity index (χ1v) is 7.51. The zero-order valence-corrected chi connectivity index (χ0v) is 11.7. The lowest BCUT2D eigenvalue weighted by Gasteiger charge is -2.26. The Bertz CT molecular complexity index is 636. The molecule has 4 unspecified atom stereocenters. The number of pyridine rings is 1. The fourth-order valence-electron chi connectivity index (χ4n) is 4.02. The molecule has 3 N–H and O–H groups in total. The Kier molecular flexibility index (Phi) is 2.70. The van der Waals surface area contributed by atoms with Crippen LogP contribution in [0, 0.1) is 11.8 Å². The van der Waals surface area contributed by atoms with Crippen LogP contribution in [0.1, 0.15) is 37.9 Å². The number of imidazole rings is 1. The molecule has 2 heterocycles. The van der Waals surface area contributed by atoms with E-state index in [-0.39, 0.29) is 6.04 Å². The van der Waals surface area contributed by atoms with E-state index < -0.39 is 0 Å². The summed E-state index contributed by atoms with van der Waals surface area (Å²) in [7, 11) is 0. The first kappa shape index (κ1) is 12.1. The summed E-state index contributed by atoms with van der Waals surface area (Å²) >= 11 is 0. The zero-order chi connectivity index (χ0) is 13.7. The minimum Gasteiger partial charge on any atom is -0.478 e. The summed E-state index contributed by atoms with van der Waals surface area (Å²) < 4.78 is 5.43. The lowest BCUT2D eigenvalue weighted by molar-refractivity contribution is 0.328. The summed E-state index contributed by atoms with van der Waals surface area (Å²) in [5.74, 6) is 3.40. The van der Waals surface area contributed by atoms with E-state index in [0.717, 1.165) is 17.0 Å². The average molecular weight is 272 g/mol. The topological polar surface area (TPSA) is 76.8 Å². The molecule has 2 aliphatic rings. The molecule has 0 saturated heterocycles. The van der Waals surface area contributed by atoms with Crippen molar-refractivity contribution in [2.75, 3.05) is 6.61 Å². The molecule has 2 aliphatic carbocycles. The van der Waals surface area contributed by atoms with Crippen LogP contribution < -0.4 is 10.5 Å². The van der Waals surface area contributed by atoms with Crippen LogP contribution in [0.2, 0.25) is 0 Å². The molecule has 0 radical (unpaired) electrons. The van der Waals surface area contributed by atoms with Gasteiger partial charge in [-0.15, -0.1) is 0 Å². The van der Waals surface area contributed by atoms with Crippen LogP contribution in [-0.2, 0) is 0 Å². The third kappa shape index (κ3) is 1.73. The molecule has 5 heteroatoms. The van der Waals surface area contributed by atoms with Crippen LogP contribution in [0.25, 0.3) is 11.2 Å². The highest BCUT2D eigenvalue weighted by Gasteiger charge is 2.47. The van der Waals surface area contributed by atoms with E-state index in [2.05, 4.69) is 15.0 Å². The van der Waals surface area contributed by atoms with Crippen molar-refractivity contribution in [2.24, 2.45) is 17.6 Å². The third-order valence-corrected chi connectivity index (χ3v) is 4.93. The van der Waals surface area contributed by atoms with Gasteiger partial charge in [0.1, 0.15) is 5.82 Å². The predicted molar refractivity (Wildman–Crippen MR) is 76.6 cm³/mol. The van der Waals surface area contributed by atoms with Gasteiger partial charge in [-0.25, -0.2) is 4.98 Å². The Morgan fingerprint density at radius 2 is 2.15 bits per heavy atom. The van der Waals surface area contributed by atoms with E-state index in [1.807, 2.05) is 19.1 Å². The summed E-state index contributed by atoms with van der Waals surface area (Å²) in [6.45, 7) is 2.57. The Balaban J connectivity index is 1.70. The SMILES string of the molecule is CCOc1ccc2[nH]c(C3C4CCC(C4)C3N)nc2n1. The quantitative estimate of drug-likeness (QED) is 0.898. The van der Waals surface area contributed by atoms with Crippen molar-refractivity contribution in [2.45, 2.75) is 38.1 Å². The van der Waals surface area contributed by atoms with Crippen molar-refractivity contribution >= 4 is 11.2 Å². The van der Waals surface area contributed by atoms with Crippen LogP contribution in [-0.4, -0.2) is 27.6 Å². The van der Waals surface area contributed by atoms with Crippen molar-refractivity contribution < 1.29 is 4.74 Å². The number of ether oxygens (including phenoxy) is 1. The maximum absolute atomic E-state index is 6.39. The van der Waals surface area contributed by atoms with Gasteiger partial charge >= 0.3 is 0 Å². The number of hydrogen-bond donors (Lipinski definition) is 2. The number of H-pyrrole nitrogens is 1. The highest BCUT2D eigenvalue weighted by molar-refractivity contribution is 5.71. The van der Waals surface area contributed by atoms with Crippen LogP contribution in [0.15, 0.2) is 12.1 Å². The number of fused-ring (bicyclic) bond motifs is 3. The highest BCUT2D eigenvalue weighted by Crippen LogP contribution is 2.51. The third-order valence-electron chi connectivity index (χ3n) is 4.93. The van der Waals surface area contributed by atoms with E-state index in [4.69, 9.17) is 10.5 Å². The molecule has 0 aliphatic heterocycles. The van der Waals surface area contributed by atoms with Crippen molar-refractivity contribution in [1.82, 2.24) is 15.0 Å². The summed E-state index contributed by atoms with van der Waals surface area (Å²) in [5.41, 5.74) is 8.10. The standard InChI is InChI=1S/C15H20N4O/c1-2-20-11-6-5-10-14(18-11)19-15(17-10)12-8-3-4-9(7-8)13(12)16/h5-6,8-9,12-13H,2-4,7,16H2,1H3,(H,17,18,19). The molecule has 2 aromatic rings. The number of nitrogens with two attached hydrogens (primary N) is 1. The molecule has 0 spiro atoms. The van der Waals surface area contributed by atoms with Gasteiger partial charge in [-0.05, 0) is 44.1 Å². The molecule has 5 nitrogen and oxygen atoms in total. The minimum atomic E-state index is 0.251. The second kappa shape index (κ2) is 4.45. The van der Waals surface area contributed by atoms with Crippen LogP contribution in [0.5, 0.6) is 5.88 Å². The normalized spacial score (nSPS) is 32.1. The van der Waals surface area contributed by atoms with Crippen LogP contribution >= 0.6 is 0 Å². The number of aromatic nitrogens is 3. The first-order valence-electron chi connectivity index (χ1n) is 7.51. The second-order valence-corrected chi connectivity index (χ2v) is 6.01. The maximum Gasteiger partial charge on any atom is 0.215 e. The zero-order valence-electron chi connectivity index (χ0n) is 11.7. The molecule has 2 bridgehead atoms.